The molecule has 0 aliphatic carbocycles. The molecule has 0 aliphatic heterocycles. The molecule has 3 aromatic rings. The number of carbonyl (C=O) groups is 1. The molecule has 0 radical (unpaired) electrons. The molecule has 2 aromatic carbocycles. The average Bonchev–Trinajstić information content (AvgIpc) is 3.36. The van der Waals surface area contributed by atoms with Crippen LogP contribution in [-0.2, 0) is 21.2 Å². The summed E-state index contributed by atoms with van der Waals surface area (Å²) in [5.41, 5.74) is 0.0387. The molecule has 1 aromatic heterocycles. The van der Waals surface area contributed by atoms with Gasteiger partial charge in [0.05, 0.1) is 27.3 Å². The summed E-state index contributed by atoms with van der Waals surface area (Å²) in [5.74, 6) is -4.03. The van der Waals surface area contributed by atoms with E-state index in [1.807, 2.05) is 0 Å². The number of rotatable bonds is 11. The lowest BCUT2D eigenvalue weighted by Gasteiger charge is -2.31. The quantitative estimate of drug-likeness (QED) is 0.298. The zero-order valence-corrected chi connectivity index (χ0v) is 23.8. The van der Waals surface area contributed by atoms with Crippen LogP contribution in [0.2, 0.25) is 0 Å². The molecule has 8 nitrogen and oxygen atoms in total. The van der Waals surface area contributed by atoms with Crippen molar-refractivity contribution < 1.29 is 35.4 Å². The molecule has 38 heavy (non-hydrogen) atoms. The second-order valence-corrected chi connectivity index (χ2v) is 13.3. The number of thioether (sulfide) groups is 1. The molecular weight excluding hydrogens is 543 g/mol. The van der Waals surface area contributed by atoms with Gasteiger partial charge in [0, 0.05) is 25.4 Å². The van der Waals surface area contributed by atoms with Crippen molar-refractivity contribution in [1.29, 1.82) is 0 Å². The Balaban J connectivity index is 2.21. The summed E-state index contributed by atoms with van der Waals surface area (Å²) in [4.78, 5) is 16.6. The maximum absolute atomic E-state index is 14.3. The van der Waals surface area contributed by atoms with Crippen LogP contribution in [0, 0.1) is 5.89 Å². The number of aromatic nitrogens is 1. The van der Waals surface area contributed by atoms with Gasteiger partial charge >= 0.3 is 6.09 Å². The van der Waals surface area contributed by atoms with Crippen molar-refractivity contribution in [3.63, 3.8) is 0 Å². The van der Waals surface area contributed by atoms with Crippen molar-refractivity contribution in [2.45, 2.75) is 67.9 Å². The van der Waals surface area contributed by atoms with E-state index in [0.29, 0.717) is 20.1 Å². The van der Waals surface area contributed by atoms with Crippen LogP contribution >= 0.6 is 23.1 Å². The zero-order chi connectivity index (χ0) is 35.8. The highest BCUT2D eigenvalue weighted by Gasteiger charge is 2.32. The molecule has 1 amide bonds. The number of aliphatic hydroxyl groups excluding tert-OH is 1. The SMILES string of the molecule is [2H]C([2H])([2H])C([2H])(C([2H])([2H])[2H])C([2H])([2H])N(C[C@@H](O)[C@H](Cc1ccccc1)NC(=O)OC(C)(C)C)S(=O)(=O)c1ccc2nc(SC)sc2c1. The topological polar surface area (TPSA) is 109 Å². The number of nitrogens with one attached hydrogen (secondary N) is 1. The summed E-state index contributed by atoms with van der Waals surface area (Å²) in [7, 11) is -5.20. The summed E-state index contributed by atoms with van der Waals surface area (Å²) < 4.78 is 109. The van der Waals surface area contributed by atoms with Crippen LogP contribution in [0.3, 0.4) is 0 Å². The number of carbonyl (C=O) groups excluding carboxylic acids is 1. The third-order valence-corrected chi connectivity index (χ3v) is 8.83. The van der Waals surface area contributed by atoms with E-state index in [1.54, 1.807) is 57.4 Å². The van der Waals surface area contributed by atoms with Gasteiger partial charge in [0.15, 0.2) is 4.34 Å². The standard InChI is InChI=1S/C27H37N3O5S3/c1-18(2)16-30(38(33,34)20-12-13-21-24(15-20)37-26(29-21)36-6)17-23(31)22(14-19-10-8-7-9-11-19)28-25(32)35-27(3,4)5/h7-13,15,18,22-23,31H,14,16-17H2,1-6H3,(H,28,32)/t22-,23+/m0/s1/i1D3,2D3,16D2,18D. The maximum atomic E-state index is 14.3. The molecule has 11 heteroatoms. The number of aliphatic hydroxyl groups is 1. The van der Waals surface area contributed by atoms with Crippen LogP contribution in [-0.4, -0.2) is 66.0 Å². The predicted molar refractivity (Wildman–Crippen MR) is 154 cm³/mol. The molecule has 0 aliphatic rings. The largest absolute Gasteiger partial charge is 0.444 e. The summed E-state index contributed by atoms with van der Waals surface area (Å²) in [6.07, 6.45) is -1.32. The van der Waals surface area contributed by atoms with Gasteiger partial charge in [0.2, 0.25) is 10.0 Å². The number of fused-ring (bicyclic) bond motifs is 1. The third kappa shape index (κ3) is 8.41. The Bertz CT molecular complexity index is 1650. The minimum absolute atomic E-state index is 0.108. The highest BCUT2D eigenvalue weighted by molar-refractivity contribution is 8.00. The van der Waals surface area contributed by atoms with Crippen LogP contribution in [0.4, 0.5) is 4.79 Å². The van der Waals surface area contributed by atoms with Gasteiger partial charge in [-0.3, -0.25) is 0 Å². The third-order valence-electron chi connectivity index (χ3n) is 5.16. The van der Waals surface area contributed by atoms with Crippen molar-refractivity contribution in [3.8, 4) is 0 Å². The lowest BCUT2D eigenvalue weighted by molar-refractivity contribution is 0.0400. The number of nitrogens with zero attached hydrogens (tertiary/aromatic N) is 2. The Labute approximate surface area is 246 Å². The first-order valence-electron chi connectivity index (χ1n) is 16.0. The van der Waals surface area contributed by atoms with Crippen molar-refractivity contribution in [1.82, 2.24) is 14.6 Å². The minimum atomic E-state index is -5.20. The van der Waals surface area contributed by atoms with Crippen molar-refractivity contribution >= 4 is 49.4 Å². The smallest absolute Gasteiger partial charge is 0.407 e. The number of benzene rings is 2. The van der Waals surface area contributed by atoms with E-state index in [2.05, 4.69) is 10.3 Å². The lowest BCUT2D eigenvalue weighted by atomic mass is 10.0. The van der Waals surface area contributed by atoms with Crippen LogP contribution < -0.4 is 5.32 Å². The first kappa shape index (κ1) is 19.8. The van der Waals surface area contributed by atoms with Gasteiger partial charge in [0.1, 0.15) is 5.60 Å². The number of hydrogen-bond acceptors (Lipinski definition) is 8. The second kappa shape index (κ2) is 12.8. The number of ether oxygens (including phenoxy) is 1. The summed E-state index contributed by atoms with van der Waals surface area (Å²) in [6.45, 7) is -8.22. The fourth-order valence-electron chi connectivity index (χ4n) is 3.49. The van der Waals surface area contributed by atoms with Gasteiger partial charge < -0.3 is 15.2 Å². The van der Waals surface area contributed by atoms with E-state index < -0.39 is 71.4 Å². The van der Waals surface area contributed by atoms with Crippen LogP contribution in [0.25, 0.3) is 10.2 Å². The van der Waals surface area contributed by atoms with Gasteiger partial charge in [-0.15, -0.1) is 11.3 Å². The first-order chi connectivity index (χ1) is 21.3. The molecule has 208 valence electrons. The molecule has 0 saturated heterocycles. The van der Waals surface area contributed by atoms with E-state index in [0.717, 1.165) is 17.4 Å². The number of alkyl carbamates (subject to hydrolysis) is 1. The van der Waals surface area contributed by atoms with Crippen LogP contribution in [0.15, 0.2) is 57.8 Å². The number of amides is 1. The van der Waals surface area contributed by atoms with Gasteiger partial charge in [-0.1, -0.05) is 55.8 Å². The van der Waals surface area contributed by atoms with E-state index in [1.165, 1.54) is 23.9 Å². The van der Waals surface area contributed by atoms with Gasteiger partial charge in [-0.05, 0) is 63.1 Å². The Kier molecular flexibility index (Phi) is 6.66. The first-order valence-corrected chi connectivity index (χ1v) is 15.0. The van der Waals surface area contributed by atoms with Crippen molar-refractivity contribution in [2.75, 3.05) is 19.3 Å². The normalized spacial score (nSPS) is 18.9. The predicted octanol–water partition coefficient (Wildman–Crippen LogP) is 5.16. The van der Waals surface area contributed by atoms with Gasteiger partial charge in [0.25, 0.3) is 0 Å². The fourth-order valence-corrected chi connectivity index (χ4v) is 6.42. The Morgan fingerprint density at radius 2 is 2.00 bits per heavy atom. The Morgan fingerprint density at radius 3 is 2.63 bits per heavy atom. The van der Waals surface area contributed by atoms with Crippen LogP contribution in [0.5, 0.6) is 0 Å². The monoisotopic (exact) mass is 588 g/mol. The summed E-state index contributed by atoms with van der Waals surface area (Å²) >= 11 is 2.45. The van der Waals surface area contributed by atoms with Gasteiger partial charge in [-0.25, -0.2) is 18.2 Å². The molecule has 0 spiro atoms. The molecule has 0 fully saturated rings. The molecule has 2 atom stereocenters. The minimum Gasteiger partial charge on any atom is -0.444 e. The maximum Gasteiger partial charge on any atom is 0.407 e. The highest BCUT2D eigenvalue weighted by atomic mass is 32.2. The molecular formula is C27H37N3O5S3. The molecule has 3 rings (SSSR count). The van der Waals surface area contributed by atoms with E-state index in [9.17, 15) is 18.3 Å². The van der Waals surface area contributed by atoms with Crippen LogP contribution in [0.1, 0.15) is 52.4 Å². The Morgan fingerprint density at radius 1 is 1.29 bits per heavy atom. The molecule has 2 N–H and O–H groups in total. The number of sulfonamides is 1. The van der Waals surface area contributed by atoms with Crippen molar-refractivity contribution in [3.05, 3.63) is 54.1 Å². The highest BCUT2D eigenvalue weighted by Crippen LogP contribution is 2.31. The zero-order valence-electron chi connectivity index (χ0n) is 30.4. The molecule has 0 saturated carbocycles. The summed E-state index contributed by atoms with van der Waals surface area (Å²) in [5, 5.41) is 14.0. The van der Waals surface area contributed by atoms with Gasteiger partial charge in [-0.2, -0.15) is 4.31 Å². The molecule has 0 unspecified atom stereocenters. The van der Waals surface area contributed by atoms with E-state index in [4.69, 9.17) is 17.1 Å². The van der Waals surface area contributed by atoms with E-state index >= 15 is 0 Å². The number of thiazole rings is 1. The molecule has 0 bridgehead atoms. The van der Waals surface area contributed by atoms with Crippen molar-refractivity contribution in [2.24, 2.45) is 5.89 Å². The lowest BCUT2D eigenvalue weighted by Crippen LogP contribution is -2.51. The molecule has 1 heterocycles. The second-order valence-electron chi connectivity index (χ2n) is 9.35. The number of hydrogen-bond donors (Lipinski definition) is 2. The Hall–Kier alpha value is -2.18. The van der Waals surface area contributed by atoms with E-state index in [-0.39, 0.29) is 10.7 Å². The fraction of sp³-hybridized carbons (Fsp3) is 0.481. The summed E-state index contributed by atoms with van der Waals surface area (Å²) in [6, 6.07) is 10.7. The average molecular weight is 589 g/mol.